The van der Waals surface area contributed by atoms with E-state index < -0.39 is 0 Å². The van der Waals surface area contributed by atoms with Crippen LogP contribution in [0.25, 0.3) is 0 Å². The van der Waals surface area contributed by atoms with Gasteiger partial charge in [0.1, 0.15) is 0 Å². The summed E-state index contributed by atoms with van der Waals surface area (Å²) in [4.78, 5) is 4.31. The van der Waals surface area contributed by atoms with Crippen molar-refractivity contribution < 1.29 is 0 Å². The van der Waals surface area contributed by atoms with Gasteiger partial charge in [-0.3, -0.25) is 0 Å². The van der Waals surface area contributed by atoms with Crippen molar-refractivity contribution in [2.75, 3.05) is 6.54 Å². The van der Waals surface area contributed by atoms with Crippen LogP contribution in [0, 0.1) is 5.92 Å². The second-order valence-electron chi connectivity index (χ2n) is 5.25. The van der Waals surface area contributed by atoms with Gasteiger partial charge in [-0.15, -0.1) is 0 Å². The highest BCUT2D eigenvalue weighted by Gasteiger charge is 2.21. The number of imidazole rings is 1. The van der Waals surface area contributed by atoms with Crippen LogP contribution in [0.2, 0.25) is 0 Å². The first-order valence-electron chi connectivity index (χ1n) is 6.67. The van der Waals surface area contributed by atoms with Crippen molar-refractivity contribution in [1.82, 2.24) is 14.9 Å². The summed E-state index contributed by atoms with van der Waals surface area (Å²) in [6, 6.07) is 0.559. The van der Waals surface area contributed by atoms with Crippen LogP contribution in [0.5, 0.6) is 0 Å². The number of hydrogen-bond acceptors (Lipinski definition) is 2. The molecule has 0 aromatic carbocycles. The quantitative estimate of drug-likeness (QED) is 0.843. The lowest BCUT2D eigenvalue weighted by atomic mass is 9.83. The Morgan fingerprint density at radius 1 is 1.31 bits per heavy atom. The first-order chi connectivity index (χ1) is 7.93. The Balaban J connectivity index is 1.62. The number of aromatic nitrogens is 2. The molecule has 0 radical (unpaired) electrons. The molecular weight excluding hydrogens is 198 g/mol. The lowest BCUT2D eigenvalue weighted by Gasteiger charge is -2.26. The number of hydrogen-bond donors (Lipinski definition) is 1. The van der Waals surface area contributed by atoms with Gasteiger partial charge in [-0.05, 0) is 31.7 Å². The van der Waals surface area contributed by atoms with Crippen molar-refractivity contribution in [3.63, 3.8) is 0 Å². The minimum atomic E-state index is 0.559. The minimum Gasteiger partial charge on any atom is -0.333 e. The molecule has 2 fully saturated rings. The average molecular weight is 219 g/mol. The number of nitrogens with one attached hydrogen (secondary N) is 1. The smallest absolute Gasteiger partial charge is 0.0948 e. The molecule has 0 spiro atoms. The monoisotopic (exact) mass is 219 g/mol. The van der Waals surface area contributed by atoms with Gasteiger partial charge in [0.15, 0.2) is 0 Å². The van der Waals surface area contributed by atoms with Gasteiger partial charge in [0, 0.05) is 18.8 Å². The van der Waals surface area contributed by atoms with Gasteiger partial charge < -0.3 is 9.88 Å². The molecule has 1 aromatic heterocycles. The standard InChI is InChI=1S/C13H21N3/c1-3-11(4-1)6-8-16-10-14-9-13(16)12-5-2-7-15-12/h9-12,15H,1-8H2. The van der Waals surface area contributed by atoms with Crippen LogP contribution in [-0.2, 0) is 6.54 Å². The van der Waals surface area contributed by atoms with E-state index >= 15 is 0 Å². The summed E-state index contributed by atoms with van der Waals surface area (Å²) in [6.45, 7) is 2.33. The fraction of sp³-hybridized carbons (Fsp3) is 0.769. The minimum absolute atomic E-state index is 0.559. The molecular formula is C13H21N3. The fourth-order valence-corrected chi connectivity index (χ4v) is 2.85. The van der Waals surface area contributed by atoms with E-state index in [2.05, 4.69) is 14.9 Å². The zero-order valence-electron chi connectivity index (χ0n) is 9.86. The topological polar surface area (TPSA) is 29.9 Å². The maximum absolute atomic E-state index is 4.31. The van der Waals surface area contributed by atoms with Crippen molar-refractivity contribution in [2.45, 2.75) is 51.1 Å². The van der Waals surface area contributed by atoms with Gasteiger partial charge in [0.2, 0.25) is 0 Å². The summed E-state index contributed by atoms with van der Waals surface area (Å²) in [5.74, 6) is 0.992. The summed E-state index contributed by atoms with van der Waals surface area (Å²) in [5.41, 5.74) is 1.40. The summed E-state index contributed by atoms with van der Waals surface area (Å²) >= 11 is 0. The molecule has 1 aliphatic carbocycles. The molecule has 0 amide bonds. The maximum atomic E-state index is 4.31. The highest BCUT2D eigenvalue weighted by atomic mass is 15.1. The number of aryl methyl sites for hydroxylation is 1. The third kappa shape index (κ3) is 2.01. The zero-order chi connectivity index (χ0) is 10.8. The Morgan fingerprint density at radius 3 is 2.94 bits per heavy atom. The third-order valence-electron chi connectivity index (χ3n) is 4.16. The molecule has 1 aliphatic heterocycles. The van der Waals surface area contributed by atoms with E-state index in [0.29, 0.717) is 6.04 Å². The third-order valence-corrected chi connectivity index (χ3v) is 4.16. The average Bonchev–Trinajstić information content (AvgIpc) is 2.83. The molecule has 2 heterocycles. The van der Waals surface area contributed by atoms with Crippen molar-refractivity contribution in [2.24, 2.45) is 5.92 Å². The van der Waals surface area contributed by atoms with Gasteiger partial charge in [0.25, 0.3) is 0 Å². The summed E-state index contributed by atoms with van der Waals surface area (Å²) in [7, 11) is 0. The van der Waals surface area contributed by atoms with Crippen LogP contribution in [0.4, 0.5) is 0 Å². The normalized spacial score (nSPS) is 25.9. The lowest BCUT2D eigenvalue weighted by Crippen LogP contribution is -2.19. The molecule has 1 saturated carbocycles. The predicted molar refractivity (Wildman–Crippen MR) is 64.2 cm³/mol. The zero-order valence-corrected chi connectivity index (χ0v) is 9.86. The van der Waals surface area contributed by atoms with E-state index in [-0.39, 0.29) is 0 Å². The highest BCUT2D eigenvalue weighted by molar-refractivity contribution is 5.07. The molecule has 88 valence electrons. The van der Waals surface area contributed by atoms with Crippen molar-refractivity contribution in [1.29, 1.82) is 0 Å². The van der Waals surface area contributed by atoms with Crippen LogP contribution in [0.15, 0.2) is 12.5 Å². The van der Waals surface area contributed by atoms with E-state index in [9.17, 15) is 0 Å². The molecule has 0 bridgehead atoms. The molecule has 3 heteroatoms. The number of nitrogens with zero attached hydrogens (tertiary/aromatic N) is 2. The number of rotatable bonds is 4. The van der Waals surface area contributed by atoms with Crippen LogP contribution in [0.3, 0.4) is 0 Å². The van der Waals surface area contributed by atoms with Gasteiger partial charge in [0.05, 0.1) is 12.0 Å². The van der Waals surface area contributed by atoms with Crippen molar-refractivity contribution in [3.05, 3.63) is 18.2 Å². The second kappa shape index (κ2) is 4.58. The maximum Gasteiger partial charge on any atom is 0.0948 e. The van der Waals surface area contributed by atoms with Crippen molar-refractivity contribution >= 4 is 0 Å². The summed E-state index contributed by atoms with van der Waals surface area (Å²) in [6.07, 6.45) is 12.3. The largest absolute Gasteiger partial charge is 0.333 e. The summed E-state index contributed by atoms with van der Waals surface area (Å²) < 4.78 is 2.36. The highest BCUT2D eigenvalue weighted by Crippen LogP contribution is 2.30. The predicted octanol–water partition coefficient (Wildman–Crippen LogP) is 2.50. The molecule has 1 saturated heterocycles. The van der Waals surface area contributed by atoms with Crippen LogP contribution in [-0.4, -0.2) is 16.1 Å². The van der Waals surface area contributed by atoms with Gasteiger partial charge >= 0.3 is 0 Å². The molecule has 1 N–H and O–H groups in total. The Hall–Kier alpha value is -0.830. The Morgan fingerprint density at radius 2 is 2.25 bits per heavy atom. The van der Waals surface area contributed by atoms with Crippen LogP contribution < -0.4 is 5.32 Å². The van der Waals surface area contributed by atoms with E-state index in [0.717, 1.165) is 12.5 Å². The van der Waals surface area contributed by atoms with E-state index in [1.165, 1.54) is 50.8 Å². The molecule has 1 aromatic rings. The van der Waals surface area contributed by atoms with E-state index in [1.54, 1.807) is 0 Å². The Kier molecular flexibility index (Phi) is 2.96. The van der Waals surface area contributed by atoms with E-state index in [4.69, 9.17) is 0 Å². The molecule has 3 nitrogen and oxygen atoms in total. The first-order valence-corrected chi connectivity index (χ1v) is 6.67. The Labute approximate surface area is 97.3 Å². The van der Waals surface area contributed by atoms with Gasteiger partial charge in [-0.2, -0.15) is 0 Å². The van der Waals surface area contributed by atoms with Crippen LogP contribution >= 0.6 is 0 Å². The van der Waals surface area contributed by atoms with Gasteiger partial charge in [-0.1, -0.05) is 19.3 Å². The molecule has 1 atom stereocenters. The Bertz CT molecular complexity index is 335. The fourth-order valence-electron chi connectivity index (χ4n) is 2.85. The van der Waals surface area contributed by atoms with E-state index in [1.807, 2.05) is 12.5 Å². The van der Waals surface area contributed by atoms with Crippen molar-refractivity contribution in [3.8, 4) is 0 Å². The van der Waals surface area contributed by atoms with Gasteiger partial charge in [-0.25, -0.2) is 4.98 Å². The molecule has 1 unspecified atom stereocenters. The molecule has 2 aliphatic rings. The van der Waals surface area contributed by atoms with Crippen LogP contribution in [0.1, 0.15) is 50.3 Å². The second-order valence-corrected chi connectivity index (χ2v) is 5.25. The lowest BCUT2D eigenvalue weighted by molar-refractivity contribution is 0.280. The molecule has 16 heavy (non-hydrogen) atoms. The first kappa shape index (κ1) is 10.3. The molecule has 3 rings (SSSR count). The SMILES string of the molecule is c1ncn(CCC2CCC2)c1C1CCCN1. The summed E-state index contributed by atoms with van der Waals surface area (Å²) in [5, 5.41) is 3.55.